The maximum Gasteiger partial charge on any atom is 0.321 e. The number of hydrogen-bond donors (Lipinski definition) is 2. The molecule has 0 radical (unpaired) electrons. The van der Waals surface area contributed by atoms with Crippen LogP contribution in [0.1, 0.15) is 12.5 Å². The molecule has 0 unspecified atom stereocenters. The number of ether oxygens (including phenoxy) is 1. The first kappa shape index (κ1) is 14.3. The molecule has 2 N–H and O–H groups in total. The van der Waals surface area contributed by atoms with Crippen LogP contribution in [-0.4, -0.2) is 42.8 Å². The number of anilines is 1. The Hall–Kier alpha value is -1.75. The second-order valence-corrected chi connectivity index (χ2v) is 3.91. The predicted octanol–water partition coefficient (Wildman–Crippen LogP) is 1.85. The Morgan fingerprint density at radius 2 is 2.22 bits per heavy atom. The van der Waals surface area contributed by atoms with Crippen LogP contribution in [0.25, 0.3) is 0 Å². The zero-order valence-electron chi connectivity index (χ0n) is 11.1. The molecule has 2 amide bonds. The summed E-state index contributed by atoms with van der Waals surface area (Å²) in [6, 6.07) is 5.25. The fraction of sp³-hybridized carbons (Fsp3) is 0.462. The lowest BCUT2D eigenvalue weighted by Crippen LogP contribution is -2.36. The third kappa shape index (κ3) is 3.63. The number of carbonyl (C=O) groups is 1. The molecular formula is C13H20N2O3. The molecule has 0 fully saturated rings. The molecule has 0 heterocycles. The van der Waals surface area contributed by atoms with Gasteiger partial charge in [0.25, 0.3) is 0 Å². The molecule has 0 atom stereocenters. The second-order valence-electron chi connectivity index (χ2n) is 3.91. The van der Waals surface area contributed by atoms with E-state index in [1.54, 1.807) is 24.1 Å². The molecule has 100 valence electrons. The average Bonchev–Trinajstić information content (AvgIpc) is 2.38. The predicted molar refractivity (Wildman–Crippen MR) is 71.1 cm³/mol. The number of rotatable bonds is 5. The number of nitrogens with one attached hydrogen (secondary N) is 1. The lowest BCUT2D eigenvalue weighted by molar-refractivity contribution is 0.192. The lowest BCUT2D eigenvalue weighted by Gasteiger charge is -2.21. The number of urea groups is 1. The summed E-state index contributed by atoms with van der Waals surface area (Å²) < 4.78 is 5.11. The molecule has 5 nitrogen and oxygen atoms in total. The van der Waals surface area contributed by atoms with Gasteiger partial charge in [0, 0.05) is 18.8 Å². The highest BCUT2D eigenvalue weighted by molar-refractivity contribution is 5.90. The normalized spacial score (nSPS) is 10.0. The number of benzene rings is 1. The van der Waals surface area contributed by atoms with E-state index in [9.17, 15) is 4.79 Å². The number of carbonyl (C=O) groups excluding carboxylic acids is 1. The van der Waals surface area contributed by atoms with Crippen LogP contribution < -0.4 is 10.1 Å². The first-order valence-electron chi connectivity index (χ1n) is 5.93. The van der Waals surface area contributed by atoms with Gasteiger partial charge in [0.1, 0.15) is 5.75 Å². The maximum absolute atomic E-state index is 11.9. The zero-order valence-corrected chi connectivity index (χ0v) is 11.1. The molecule has 0 bridgehead atoms. The number of amides is 2. The molecule has 0 spiro atoms. The molecule has 18 heavy (non-hydrogen) atoms. The van der Waals surface area contributed by atoms with E-state index in [-0.39, 0.29) is 12.6 Å². The van der Waals surface area contributed by atoms with Crippen LogP contribution in [0.3, 0.4) is 0 Å². The number of aryl methyl sites for hydroxylation is 1. The number of nitrogens with zero attached hydrogens (tertiary/aromatic N) is 1. The number of hydrogen-bond acceptors (Lipinski definition) is 3. The molecule has 0 aliphatic heterocycles. The average molecular weight is 252 g/mol. The molecule has 1 aromatic carbocycles. The smallest absolute Gasteiger partial charge is 0.321 e. The van der Waals surface area contributed by atoms with E-state index >= 15 is 0 Å². The summed E-state index contributed by atoms with van der Waals surface area (Å²) in [6.07, 6.45) is 0. The highest BCUT2D eigenvalue weighted by Gasteiger charge is 2.12. The molecule has 1 rings (SSSR count). The van der Waals surface area contributed by atoms with Crippen molar-refractivity contribution in [3.8, 4) is 5.75 Å². The molecule has 5 heteroatoms. The quantitative estimate of drug-likeness (QED) is 0.840. The number of aliphatic hydroxyl groups excluding tert-OH is 1. The van der Waals surface area contributed by atoms with Crippen molar-refractivity contribution < 1.29 is 14.6 Å². The molecule has 0 aromatic heterocycles. The molecular weight excluding hydrogens is 232 g/mol. The van der Waals surface area contributed by atoms with Gasteiger partial charge in [-0.05, 0) is 37.6 Å². The minimum Gasteiger partial charge on any atom is -0.497 e. The molecule has 0 aliphatic carbocycles. The highest BCUT2D eigenvalue weighted by atomic mass is 16.5. The summed E-state index contributed by atoms with van der Waals surface area (Å²) in [7, 11) is 1.60. The standard InChI is InChI=1S/C13H20N2O3/c1-4-15(7-8-16)13(17)14-12-6-5-11(18-3)9-10(12)2/h5-6,9,16H,4,7-8H2,1-3H3,(H,14,17). The van der Waals surface area contributed by atoms with Crippen molar-refractivity contribution in [2.45, 2.75) is 13.8 Å². The minimum absolute atomic E-state index is 0.0388. The summed E-state index contributed by atoms with van der Waals surface area (Å²) in [5, 5.41) is 11.7. The SMILES string of the molecule is CCN(CCO)C(=O)Nc1ccc(OC)cc1C. The zero-order chi connectivity index (χ0) is 13.5. The Morgan fingerprint density at radius 1 is 1.50 bits per heavy atom. The van der Waals surface area contributed by atoms with Gasteiger partial charge < -0.3 is 20.1 Å². The lowest BCUT2D eigenvalue weighted by atomic mass is 10.2. The summed E-state index contributed by atoms with van der Waals surface area (Å²) in [5.41, 5.74) is 1.68. The van der Waals surface area contributed by atoms with Gasteiger partial charge in [-0.2, -0.15) is 0 Å². The summed E-state index contributed by atoms with van der Waals surface area (Å²) >= 11 is 0. The van der Waals surface area contributed by atoms with Gasteiger partial charge in [0.05, 0.1) is 13.7 Å². The van der Waals surface area contributed by atoms with E-state index in [2.05, 4.69) is 5.32 Å². The molecule has 0 aliphatic rings. The Kier molecular flexibility index (Phi) is 5.45. The third-order valence-corrected chi connectivity index (χ3v) is 2.71. The van der Waals surface area contributed by atoms with Crippen LogP contribution in [0.2, 0.25) is 0 Å². The van der Waals surface area contributed by atoms with E-state index in [0.29, 0.717) is 13.1 Å². The van der Waals surface area contributed by atoms with Crippen LogP contribution in [0.15, 0.2) is 18.2 Å². The van der Waals surface area contributed by atoms with Gasteiger partial charge in [-0.3, -0.25) is 0 Å². The summed E-state index contributed by atoms with van der Waals surface area (Å²) in [5.74, 6) is 0.758. The third-order valence-electron chi connectivity index (χ3n) is 2.71. The van der Waals surface area contributed by atoms with Crippen LogP contribution in [-0.2, 0) is 0 Å². The topological polar surface area (TPSA) is 61.8 Å². The fourth-order valence-corrected chi connectivity index (χ4v) is 1.62. The van der Waals surface area contributed by atoms with Gasteiger partial charge >= 0.3 is 6.03 Å². The van der Waals surface area contributed by atoms with Crippen molar-refractivity contribution in [1.82, 2.24) is 4.90 Å². The van der Waals surface area contributed by atoms with E-state index in [1.807, 2.05) is 19.9 Å². The van der Waals surface area contributed by atoms with Crippen molar-refractivity contribution in [2.75, 3.05) is 32.1 Å². The largest absolute Gasteiger partial charge is 0.497 e. The Balaban J connectivity index is 2.74. The monoisotopic (exact) mass is 252 g/mol. The van der Waals surface area contributed by atoms with Crippen LogP contribution in [0.4, 0.5) is 10.5 Å². The van der Waals surface area contributed by atoms with E-state index in [1.165, 1.54) is 0 Å². The van der Waals surface area contributed by atoms with Gasteiger partial charge in [0.2, 0.25) is 0 Å². The molecule has 0 saturated carbocycles. The Morgan fingerprint density at radius 3 is 2.72 bits per heavy atom. The van der Waals surface area contributed by atoms with Gasteiger partial charge in [-0.1, -0.05) is 0 Å². The van der Waals surface area contributed by atoms with Gasteiger partial charge in [-0.25, -0.2) is 4.79 Å². The maximum atomic E-state index is 11.9. The Labute approximate surface area is 107 Å². The van der Waals surface area contributed by atoms with E-state index in [0.717, 1.165) is 17.0 Å². The molecule has 1 aromatic rings. The van der Waals surface area contributed by atoms with Crippen LogP contribution >= 0.6 is 0 Å². The van der Waals surface area contributed by atoms with Crippen molar-refractivity contribution in [2.24, 2.45) is 0 Å². The Bertz CT molecular complexity index is 407. The van der Waals surface area contributed by atoms with Crippen LogP contribution in [0.5, 0.6) is 5.75 Å². The van der Waals surface area contributed by atoms with Crippen LogP contribution in [0, 0.1) is 6.92 Å². The molecule has 0 saturated heterocycles. The van der Waals surface area contributed by atoms with Crippen molar-refractivity contribution in [3.05, 3.63) is 23.8 Å². The van der Waals surface area contributed by atoms with E-state index in [4.69, 9.17) is 9.84 Å². The second kappa shape index (κ2) is 6.86. The number of methoxy groups -OCH3 is 1. The van der Waals surface area contributed by atoms with Crippen molar-refractivity contribution >= 4 is 11.7 Å². The van der Waals surface area contributed by atoms with Crippen molar-refractivity contribution in [1.29, 1.82) is 0 Å². The first-order chi connectivity index (χ1) is 8.62. The first-order valence-corrected chi connectivity index (χ1v) is 5.93. The number of likely N-dealkylation sites (N-methyl/N-ethyl adjacent to an activating group) is 1. The summed E-state index contributed by atoms with van der Waals surface area (Å²) in [4.78, 5) is 13.5. The fourth-order valence-electron chi connectivity index (χ4n) is 1.62. The minimum atomic E-state index is -0.209. The van der Waals surface area contributed by atoms with Gasteiger partial charge in [0.15, 0.2) is 0 Å². The van der Waals surface area contributed by atoms with E-state index < -0.39 is 0 Å². The summed E-state index contributed by atoms with van der Waals surface area (Å²) in [6.45, 7) is 4.62. The van der Waals surface area contributed by atoms with Gasteiger partial charge in [-0.15, -0.1) is 0 Å². The highest BCUT2D eigenvalue weighted by Crippen LogP contribution is 2.21. The van der Waals surface area contributed by atoms with Crippen molar-refractivity contribution in [3.63, 3.8) is 0 Å². The number of aliphatic hydroxyl groups is 1.